The number of carbonyl (C=O) groups is 1. The monoisotopic (exact) mass is 274 g/mol. The molecule has 0 aliphatic carbocycles. The first kappa shape index (κ1) is 16.9. The Balaban J connectivity index is 0.00000289. The third-order valence-corrected chi connectivity index (χ3v) is 2.47. The van der Waals surface area contributed by atoms with Gasteiger partial charge in [0.2, 0.25) is 5.91 Å². The zero-order valence-corrected chi connectivity index (χ0v) is 11.3. The topological polar surface area (TPSA) is 55.1 Å². The maximum atomic E-state index is 13.0. The summed E-state index contributed by atoms with van der Waals surface area (Å²) < 4.78 is 13.0. The summed E-state index contributed by atoms with van der Waals surface area (Å²) in [5.74, 6) is -0.0452. The fourth-order valence-corrected chi connectivity index (χ4v) is 1.74. The zero-order valence-electron chi connectivity index (χ0n) is 10.5. The Bertz CT molecular complexity index is 374. The average Bonchev–Trinajstić information content (AvgIpc) is 2.26. The normalized spacial score (nSPS) is 11.5. The number of rotatable bonds is 6. The third kappa shape index (κ3) is 6.57. The van der Waals surface area contributed by atoms with Crippen LogP contribution in [0.25, 0.3) is 0 Å². The van der Waals surface area contributed by atoms with Crippen molar-refractivity contribution >= 4 is 18.3 Å². The highest BCUT2D eigenvalue weighted by Gasteiger charge is 2.09. The van der Waals surface area contributed by atoms with E-state index in [-0.39, 0.29) is 30.0 Å². The Morgan fingerprint density at radius 1 is 1.50 bits per heavy atom. The Morgan fingerprint density at radius 3 is 2.83 bits per heavy atom. The molecule has 0 aliphatic heterocycles. The summed E-state index contributed by atoms with van der Waals surface area (Å²) in [6, 6.07) is 6.49. The van der Waals surface area contributed by atoms with Gasteiger partial charge in [0.1, 0.15) is 5.82 Å². The van der Waals surface area contributed by atoms with Crippen LogP contribution < -0.4 is 11.1 Å². The minimum absolute atomic E-state index is 0. The molecule has 1 rings (SSSR count). The molecule has 3 nitrogen and oxygen atoms in total. The highest BCUT2D eigenvalue weighted by Crippen LogP contribution is 2.12. The van der Waals surface area contributed by atoms with Gasteiger partial charge in [0.25, 0.3) is 0 Å². The molecule has 0 saturated carbocycles. The highest BCUT2D eigenvalue weighted by molar-refractivity contribution is 5.85. The third-order valence-electron chi connectivity index (χ3n) is 2.47. The summed E-state index contributed by atoms with van der Waals surface area (Å²) in [4.78, 5) is 11.4. The van der Waals surface area contributed by atoms with Crippen molar-refractivity contribution < 1.29 is 9.18 Å². The Kier molecular flexibility index (Phi) is 8.33. The fourth-order valence-electron chi connectivity index (χ4n) is 1.74. The lowest BCUT2D eigenvalue weighted by Gasteiger charge is -2.11. The molecule has 18 heavy (non-hydrogen) atoms. The van der Waals surface area contributed by atoms with E-state index in [9.17, 15) is 9.18 Å². The second-order valence-corrected chi connectivity index (χ2v) is 4.28. The van der Waals surface area contributed by atoms with Gasteiger partial charge in [-0.05, 0) is 30.0 Å². The van der Waals surface area contributed by atoms with Gasteiger partial charge in [-0.2, -0.15) is 0 Å². The van der Waals surface area contributed by atoms with Crippen LogP contribution in [-0.2, 0) is 11.2 Å². The van der Waals surface area contributed by atoms with Crippen LogP contribution in [0.15, 0.2) is 24.3 Å². The van der Waals surface area contributed by atoms with Crippen LogP contribution in [0.1, 0.15) is 18.9 Å². The van der Waals surface area contributed by atoms with Gasteiger partial charge in [-0.15, -0.1) is 12.4 Å². The van der Waals surface area contributed by atoms with Crippen LogP contribution in [0.4, 0.5) is 4.39 Å². The predicted octanol–water partition coefficient (Wildman–Crippen LogP) is 1.89. The van der Waals surface area contributed by atoms with Crippen molar-refractivity contribution in [3.05, 3.63) is 35.6 Å². The minimum atomic E-state index is -0.234. The van der Waals surface area contributed by atoms with Gasteiger partial charge >= 0.3 is 0 Å². The first-order valence-electron chi connectivity index (χ1n) is 5.83. The summed E-state index contributed by atoms with van der Waals surface area (Å²) >= 11 is 0. The molecule has 1 aromatic carbocycles. The highest BCUT2D eigenvalue weighted by atomic mass is 35.5. The first-order chi connectivity index (χ1) is 8.11. The summed E-state index contributed by atoms with van der Waals surface area (Å²) in [5, 5.41) is 2.72. The molecule has 0 fully saturated rings. The number of hydrogen-bond acceptors (Lipinski definition) is 2. The molecule has 0 saturated heterocycles. The quantitative estimate of drug-likeness (QED) is 0.832. The van der Waals surface area contributed by atoms with Gasteiger partial charge in [0, 0.05) is 19.5 Å². The van der Waals surface area contributed by atoms with Crippen LogP contribution in [0.2, 0.25) is 0 Å². The number of hydrogen-bond donors (Lipinski definition) is 2. The molecule has 0 bridgehead atoms. The SMILES string of the molecule is CC(CC(=O)NCCN)Cc1cccc(F)c1.Cl. The summed E-state index contributed by atoms with van der Waals surface area (Å²) in [6.07, 6.45) is 1.14. The average molecular weight is 275 g/mol. The number of carbonyl (C=O) groups excluding carboxylic acids is 1. The Morgan fingerprint density at radius 2 is 2.22 bits per heavy atom. The molecule has 0 heterocycles. The molecule has 1 amide bonds. The molecule has 1 unspecified atom stereocenters. The van der Waals surface area contributed by atoms with Crippen LogP contribution in [0.3, 0.4) is 0 Å². The molecule has 0 radical (unpaired) electrons. The van der Waals surface area contributed by atoms with Crippen LogP contribution >= 0.6 is 12.4 Å². The number of nitrogens with two attached hydrogens (primary N) is 1. The van der Waals surface area contributed by atoms with E-state index in [2.05, 4.69) is 5.32 Å². The van der Waals surface area contributed by atoms with Gasteiger partial charge in [0.05, 0.1) is 0 Å². The molecule has 0 aromatic heterocycles. The van der Waals surface area contributed by atoms with Crippen LogP contribution in [0.5, 0.6) is 0 Å². The number of nitrogens with one attached hydrogen (secondary N) is 1. The van der Waals surface area contributed by atoms with Crippen LogP contribution in [0, 0.1) is 11.7 Å². The largest absolute Gasteiger partial charge is 0.355 e. The lowest BCUT2D eigenvalue weighted by molar-refractivity contribution is -0.121. The fraction of sp³-hybridized carbons (Fsp3) is 0.462. The standard InChI is InChI=1S/C13H19FN2O.ClH/c1-10(8-13(17)16-6-5-15)7-11-3-2-4-12(14)9-11;/h2-4,9-10H,5-8,15H2,1H3,(H,16,17);1H. The van der Waals surface area contributed by atoms with E-state index >= 15 is 0 Å². The van der Waals surface area contributed by atoms with Crippen molar-refractivity contribution in [1.29, 1.82) is 0 Å². The maximum absolute atomic E-state index is 13.0. The van der Waals surface area contributed by atoms with E-state index in [1.165, 1.54) is 12.1 Å². The van der Waals surface area contributed by atoms with Crippen molar-refractivity contribution in [2.24, 2.45) is 11.7 Å². The first-order valence-corrected chi connectivity index (χ1v) is 5.83. The number of halogens is 2. The van der Waals surface area contributed by atoms with Crippen molar-refractivity contribution in [3.63, 3.8) is 0 Å². The van der Waals surface area contributed by atoms with E-state index in [1.807, 2.05) is 13.0 Å². The van der Waals surface area contributed by atoms with Gasteiger partial charge in [-0.1, -0.05) is 19.1 Å². The van der Waals surface area contributed by atoms with E-state index in [0.29, 0.717) is 25.9 Å². The molecule has 5 heteroatoms. The van der Waals surface area contributed by atoms with Gasteiger partial charge in [0.15, 0.2) is 0 Å². The van der Waals surface area contributed by atoms with E-state index in [1.54, 1.807) is 6.07 Å². The maximum Gasteiger partial charge on any atom is 0.220 e. The Hall–Kier alpha value is -1.13. The molecule has 0 spiro atoms. The van der Waals surface area contributed by atoms with Gasteiger partial charge < -0.3 is 11.1 Å². The van der Waals surface area contributed by atoms with Gasteiger partial charge in [-0.25, -0.2) is 4.39 Å². The van der Waals surface area contributed by atoms with E-state index < -0.39 is 0 Å². The molecular weight excluding hydrogens is 255 g/mol. The predicted molar refractivity (Wildman–Crippen MR) is 73.2 cm³/mol. The van der Waals surface area contributed by atoms with E-state index in [0.717, 1.165) is 5.56 Å². The molecule has 102 valence electrons. The zero-order chi connectivity index (χ0) is 12.7. The van der Waals surface area contributed by atoms with Crippen LogP contribution in [-0.4, -0.2) is 19.0 Å². The summed E-state index contributed by atoms with van der Waals surface area (Å²) in [7, 11) is 0. The van der Waals surface area contributed by atoms with Gasteiger partial charge in [-0.3, -0.25) is 4.79 Å². The van der Waals surface area contributed by atoms with Crippen molar-refractivity contribution in [2.75, 3.05) is 13.1 Å². The second-order valence-electron chi connectivity index (χ2n) is 4.28. The van der Waals surface area contributed by atoms with Crippen molar-refractivity contribution in [2.45, 2.75) is 19.8 Å². The molecule has 3 N–H and O–H groups in total. The Labute approximate surface area is 113 Å². The summed E-state index contributed by atoms with van der Waals surface area (Å²) in [6.45, 7) is 2.93. The summed E-state index contributed by atoms with van der Waals surface area (Å²) in [5.41, 5.74) is 6.21. The lowest BCUT2D eigenvalue weighted by Crippen LogP contribution is -2.30. The lowest BCUT2D eigenvalue weighted by atomic mass is 9.98. The smallest absolute Gasteiger partial charge is 0.220 e. The van der Waals surface area contributed by atoms with Crippen molar-refractivity contribution in [1.82, 2.24) is 5.32 Å². The molecule has 1 atom stereocenters. The number of benzene rings is 1. The number of amides is 1. The molecule has 1 aromatic rings. The van der Waals surface area contributed by atoms with E-state index in [4.69, 9.17) is 5.73 Å². The molecule has 0 aliphatic rings. The van der Waals surface area contributed by atoms with Crippen molar-refractivity contribution in [3.8, 4) is 0 Å². The molecular formula is C13H20ClFN2O. The second kappa shape index (κ2) is 8.89. The minimum Gasteiger partial charge on any atom is -0.355 e.